The highest BCUT2D eigenvalue weighted by Gasteiger charge is 2.25. The van der Waals surface area contributed by atoms with Crippen molar-refractivity contribution in [3.63, 3.8) is 0 Å². The van der Waals surface area contributed by atoms with Crippen LogP contribution in [-0.2, 0) is 12.8 Å². The lowest BCUT2D eigenvalue weighted by molar-refractivity contribution is 0.435. The van der Waals surface area contributed by atoms with Crippen LogP contribution in [0.15, 0.2) is 61.1 Å². The predicted molar refractivity (Wildman–Crippen MR) is 153 cm³/mol. The molecule has 2 aliphatic rings. The van der Waals surface area contributed by atoms with Gasteiger partial charge in [-0.25, -0.2) is 9.98 Å². The van der Waals surface area contributed by atoms with Crippen LogP contribution in [0.5, 0.6) is 0 Å². The number of H-pyrrole nitrogens is 1. The molecular formula is C26H41N11O. The Kier molecular flexibility index (Phi) is 9.28. The monoisotopic (exact) mass is 523 g/mol. The van der Waals surface area contributed by atoms with Crippen LogP contribution in [0.1, 0.15) is 31.2 Å². The molecule has 4 rings (SSSR count). The van der Waals surface area contributed by atoms with E-state index in [9.17, 15) is 0 Å². The number of aromatic nitrogens is 1. The number of aliphatic imine (C=N–C) groups is 4. The van der Waals surface area contributed by atoms with E-state index in [2.05, 4.69) is 43.8 Å². The molecule has 3 atom stereocenters. The molecule has 12 nitrogen and oxygen atoms in total. The van der Waals surface area contributed by atoms with E-state index in [0.717, 1.165) is 55.6 Å². The molecule has 2 aliphatic heterocycles. The van der Waals surface area contributed by atoms with E-state index in [0.29, 0.717) is 25.0 Å². The zero-order valence-corrected chi connectivity index (χ0v) is 22.8. The molecule has 3 unspecified atom stereocenters. The lowest BCUT2D eigenvalue weighted by atomic mass is 10.0. The number of hydrogen-bond acceptors (Lipinski definition) is 9. The number of aromatic amines is 1. The summed E-state index contributed by atoms with van der Waals surface area (Å²) in [5.74, 6) is 3.59. The molecule has 6 N–H and O–H groups in total. The molecule has 0 aliphatic carbocycles. The highest BCUT2D eigenvalue weighted by atomic mass is 16.3. The molecule has 38 heavy (non-hydrogen) atoms. The molecule has 206 valence electrons. The molecule has 2 aromatic rings. The first-order valence-electron chi connectivity index (χ1n) is 13.2. The Morgan fingerprint density at radius 2 is 1.95 bits per heavy atom. The minimum absolute atomic E-state index is 0.0116. The van der Waals surface area contributed by atoms with Crippen LogP contribution in [0, 0.1) is 0 Å². The second-order valence-corrected chi connectivity index (χ2v) is 9.93. The van der Waals surface area contributed by atoms with Gasteiger partial charge >= 0.3 is 0 Å². The molecule has 0 fully saturated rings. The van der Waals surface area contributed by atoms with E-state index in [-0.39, 0.29) is 18.1 Å². The Bertz CT molecular complexity index is 1120. The van der Waals surface area contributed by atoms with Crippen molar-refractivity contribution in [3.05, 3.63) is 48.2 Å². The zero-order valence-electron chi connectivity index (χ0n) is 22.8. The number of nitrogens with zero attached hydrogens (tertiary/aromatic N) is 6. The van der Waals surface area contributed by atoms with Gasteiger partial charge in [0.15, 0.2) is 17.9 Å². The number of rotatable bonds is 9. The first kappa shape index (κ1) is 27.1. The lowest BCUT2D eigenvalue weighted by Gasteiger charge is -2.24. The van der Waals surface area contributed by atoms with E-state index in [1.807, 2.05) is 50.4 Å². The van der Waals surface area contributed by atoms with Gasteiger partial charge in [-0.2, -0.15) is 0 Å². The molecule has 0 saturated carbocycles. The average Bonchev–Trinajstić information content (AvgIpc) is 3.53. The summed E-state index contributed by atoms with van der Waals surface area (Å²) >= 11 is 0. The van der Waals surface area contributed by atoms with Gasteiger partial charge in [0.1, 0.15) is 5.76 Å². The topological polar surface area (TPSA) is 147 Å². The summed E-state index contributed by atoms with van der Waals surface area (Å²) in [7, 11) is 6.00. The molecule has 0 spiro atoms. The quantitative estimate of drug-likeness (QED) is 0.329. The fraction of sp³-hybridized carbons (Fsp3) is 0.538. The van der Waals surface area contributed by atoms with Crippen LogP contribution in [0.25, 0.3) is 0 Å². The molecular weight excluding hydrogens is 482 g/mol. The molecule has 4 heterocycles. The van der Waals surface area contributed by atoms with Gasteiger partial charge < -0.3 is 30.3 Å². The number of guanidine groups is 4. The van der Waals surface area contributed by atoms with Crippen molar-refractivity contribution in [3.8, 4) is 0 Å². The van der Waals surface area contributed by atoms with Crippen molar-refractivity contribution in [2.24, 2.45) is 25.7 Å². The van der Waals surface area contributed by atoms with Gasteiger partial charge in [0.2, 0.25) is 5.96 Å². The Morgan fingerprint density at radius 3 is 2.68 bits per heavy atom. The standard InChI is InChI=1S/C26H41N11O/c1-18-22(33-23(27)34-24(31-18)29-14-11-19-7-5-13-28-19)10-9-20-17-30-25(36(2)3)35-26(32-20)37(4)15-12-21-8-6-16-38-21/h5-8,13,16,18,20,22,28H,9-12,14-15,17H2,1-4H3,(H,30,32,35)(H4,27,29,31,33,34). The summed E-state index contributed by atoms with van der Waals surface area (Å²) in [6.07, 6.45) is 6.90. The summed E-state index contributed by atoms with van der Waals surface area (Å²) in [5.41, 5.74) is 7.35. The highest BCUT2D eigenvalue weighted by Crippen LogP contribution is 2.15. The van der Waals surface area contributed by atoms with E-state index in [1.165, 1.54) is 0 Å². The Hall–Kier alpha value is -3.96. The summed E-state index contributed by atoms with van der Waals surface area (Å²) in [4.78, 5) is 26.5. The Labute approximate surface area is 224 Å². The number of hydrogen-bond donors (Lipinski definition) is 5. The summed E-state index contributed by atoms with van der Waals surface area (Å²) in [6, 6.07) is 8.03. The number of likely N-dealkylation sites (N-methyl/N-ethyl adjacent to an activating group) is 1. The molecule has 0 aromatic carbocycles. The van der Waals surface area contributed by atoms with Crippen LogP contribution < -0.4 is 21.7 Å². The van der Waals surface area contributed by atoms with Crippen LogP contribution >= 0.6 is 0 Å². The highest BCUT2D eigenvalue weighted by molar-refractivity contribution is 5.99. The summed E-state index contributed by atoms with van der Waals surface area (Å²) in [6.45, 7) is 4.14. The van der Waals surface area contributed by atoms with Gasteiger partial charge in [0.05, 0.1) is 24.9 Å². The molecule has 2 aromatic heterocycles. The van der Waals surface area contributed by atoms with Crippen molar-refractivity contribution in [1.29, 1.82) is 0 Å². The first-order valence-corrected chi connectivity index (χ1v) is 13.2. The second-order valence-electron chi connectivity index (χ2n) is 9.93. The Morgan fingerprint density at radius 1 is 1.08 bits per heavy atom. The number of nitrogens with two attached hydrogens (primary N) is 1. The average molecular weight is 524 g/mol. The van der Waals surface area contributed by atoms with Gasteiger partial charge in [-0.3, -0.25) is 20.6 Å². The number of nitrogens with one attached hydrogen (secondary N) is 4. The smallest absolute Gasteiger partial charge is 0.200 e. The van der Waals surface area contributed by atoms with Crippen LogP contribution in [0.4, 0.5) is 0 Å². The number of furan rings is 1. The summed E-state index contributed by atoms with van der Waals surface area (Å²) < 4.78 is 5.49. The van der Waals surface area contributed by atoms with Gasteiger partial charge in [0, 0.05) is 65.0 Å². The van der Waals surface area contributed by atoms with E-state index in [4.69, 9.17) is 25.1 Å². The fourth-order valence-electron chi connectivity index (χ4n) is 4.39. The van der Waals surface area contributed by atoms with Gasteiger partial charge in [-0.1, -0.05) is 0 Å². The van der Waals surface area contributed by atoms with E-state index >= 15 is 0 Å². The molecule has 12 heteroatoms. The largest absolute Gasteiger partial charge is 0.469 e. The maximum atomic E-state index is 6.20. The van der Waals surface area contributed by atoms with Crippen molar-refractivity contribution >= 4 is 23.8 Å². The van der Waals surface area contributed by atoms with Gasteiger partial charge in [-0.05, 0) is 44.0 Å². The minimum atomic E-state index is -0.0116. The van der Waals surface area contributed by atoms with E-state index in [1.54, 1.807) is 6.26 Å². The third kappa shape index (κ3) is 7.77. The second kappa shape index (κ2) is 13.0. The van der Waals surface area contributed by atoms with Gasteiger partial charge in [-0.15, -0.1) is 0 Å². The minimum Gasteiger partial charge on any atom is -0.469 e. The fourth-order valence-corrected chi connectivity index (χ4v) is 4.39. The van der Waals surface area contributed by atoms with Crippen LogP contribution in [-0.4, -0.2) is 97.5 Å². The molecule has 0 radical (unpaired) electrons. The van der Waals surface area contributed by atoms with Crippen molar-refractivity contribution in [2.45, 2.75) is 50.7 Å². The van der Waals surface area contributed by atoms with Crippen molar-refractivity contribution in [2.75, 3.05) is 40.8 Å². The summed E-state index contributed by atoms with van der Waals surface area (Å²) in [5, 5.41) is 9.97. The molecule has 0 amide bonds. The third-order valence-electron chi connectivity index (χ3n) is 6.64. The zero-order chi connectivity index (χ0) is 26.9. The first-order chi connectivity index (χ1) is 18.4. The third-order valence-corrected chi connectivity index (χ3v) is 6.64. The normalized spacial score (nSPS) is 22.7. The maximum absolute atomic E-state index is 6.20. The van der Waals surface area contributed by atoms with E-state index < -0.39 is 0 Å². The molecule has 0 bridgehead atoms. The lowest BCUT2D eigenvalue weighted by Crippen LogP contribution is -2.47. The SMILES string of the molecule is CC1NC(=NCCc2ccc[nH]2)NC(N)=NC1CCC1CN=C(N(C)C)NC(N(C)CCc2ccco2)=N1. The maximum Gasteiger partial charge on any atom is 0.200 e. The van der Waals surface area contributed by atoms with Crippen molar-refractivity contribution < 1.29 is 4.42 Å². The van der Waals surface area contributed by atoms with Crippen LogP contribution in [0.3, 0.4) is 0 Å². The predicted octanol–water partition coefficient (Wildman–Crippen LogP) is 0.971. The Balaban J connectivity index is 1.36. The van der Waals surface area contributed by atoms with Crippen molar-refractivity contribution in [1.82, 2.24) is 30.7 Å². The molecule has 0 saturated heterocycles. The van der Waals surface area contributed by atoms with Crippen LogP contribution in [0.2, 0.25) is 0 Å². The van der Waals surface area contributed by atoms with Gasteiger partial charge in [0.25, 0.3) is 0 Å².